The largest absolute Gasteiger partial charge is 0.411 e. The lowest BCUT2D eigenvalue weighted by molar-refractivity contribution is -0.182. The van der Waals surface area contributed by atoms with Crippen LogP contribution in [0.4, 0.5) is 18.9 Å². The van der Waals surface area contributed by atoms with E-state index in [9.17, 15) is 18.0 Å². The van der Waals surface area contributed by atoms with Crippen LogP contribution in [-0.2, 0) is 18.0 Å². The summed E-state index contributed by atoms with van der Waals surface area (Å²) in [6.07, 6.45) is 1.82. The normalized spacial score (nSPS) is 11.5. The molecule has 0 fully saturated rings. The van der Waals surface area contributed by atoms with E-state index in [0.29, 0.717) is 17.8 Å². The molecule has 2 heterocycles. The van der Waals surface area contributed by atoms with Crippen molar-refractivity contribution in [3.63, 3.8) is 0 Å². The summed E-state index contributed by atoms with van der Waals surface area (Å²) in [5.74, 6) is -0.354. The molecule has 27 heavy (non-hydrogen) atoms. The molecule has 0 aliphatic carbocycles. The van der Waals surface area contributed by atoms with Gasteiger partial charge in [-0.15, -0.1) is 0 Å². The Balaban J connectivity index is 1.57. The van der Waals surface area contributed by atoms with Crippen molar-refractivity contribution in [2.45, 2.75) is 19.5 Å². The fourth-order valence-electron chi connectivity index (χ4n) is 2.35. The Kier molecular flexibility index (Phi) is 5.55. The van der Waals surface area contributed by atoms with Crippen LogP contribution < -0.4 is 5.32 Å². The third-order valence-corrected chi connectivity index (χ3v) is 3.47. The molecule has 1 amide bonds. The second-order valence-corrected chi connectivity index (χ2v) is 5.72. The average molecular weight is 379 g/mol. The van der Waals surface area contributed by atoms with Crippen molar-refractivity contribution in [3.8, 4) is 0 Å². The average Bonchev–Trinajstić information content (AvgIpc) is 3.26. The number of hydrogen-bond donors (Lipinski definition) is 1. The number of carbonyl (C=O) groups is 1. The standard InChI is InChI=1S/C17H16F3N5O2/c18-17(19,20)11-27-12-25-10-15(8-22-25)23-16(26)14-4-1-3-13(7-14)9-24-6-2-5-21-24/h1-8,10H,9,11-12H2,(H,23,26). The second-order valence-electron chi connectivity index (χ2n) is 5.72. The monoisotopic (exact) mass is 379 g/mol. The van der Waals surface area contributed by atoms with Crippen LogP contribution >= 0.6 is 0 Å². The molecule has 0 aliphatic rings. The van der Waals surface area contributed by atoms with Crippen LogP contribution in [0.25, 0.3) is 0 Å². The summed E-state index contributed by atoms with van der Waals surface area (Å²) >= 11 is 0. The molecule has 0 bridgehead atoms. The van der Waals surface area contributed by atoms with Gasteiger partial charge in [-0.2, -0.15) is 23.4 Å². The number of anilines is 1. The van der Waals surface area contributed by atoms with Crippen molar-refractivity contribution >= 4 is 11.6 Å². The van der Waals surface area contributed by atoms with Crippen molar-refractivity contribution in [3.05, 3.63) is 66.2 Å². The second kappa shape index (κ2) is 8.04. The van der Waals surface area contributed by atoms with Crippen LogP contribution in [0.15, 0.2) is 55.1 Å². The van der Waals surface area contributed by atoms with Gasteiger partial charge in [0.15, 0.2) is 0 Å². The van der Waals surface area contributed by atoms with Gasteiger partial charge in [0.25, 0.3) is 5.91 Å². The van der Waals surface area contributed by atoms with Crippen LogP contribution in [0.1, 0.15) is 15.9 Å². The molecule has 0 unspecified atom stereocenters. The number of ether oxygens (including phenoxy) is 1. The van der Waals surface area contributed by atoms with Gasteiger partial charge < -0.3 is 10.1 Å². The van der Waals surface area contributed by atoms with Crippen LogP contribution in [0, 0.1) is 0 Å². The fourth-order valence-corrected chi connectivity index (χ4v) is 2.35. The first-order valence-electron chi connectivity index (χ1n) is 7.94. The van der Waals surface area contributed by atoms with E-state index in [-0.39, 0.29) is 12.6 Å². The lowest BCUT2D eigenvalue weighted by Crippen LogP contribution is -2.18. The van der Waals surface area contributed by atoms with Gasteiger partial charge >= 0.3 is 6.18 Å². The zero-order chi connectivity index (χ0) is 19.3. The molecule has 1 N–H and O–H groups in total. The number of nitrogens with one attached hydrogen (secondary N) is 1. The van der Waals surface area contributed by atoms with Crippen molar-refractivity contribution in [1.82, 2.24) is 19.6 Å². The SMILES string of the molecule is O=C(Nc1cnn(COCC(F)(F)F)c1)c1cccc(Cn2cccn2)c1. The smallest absolute Gasteiger partial charge is 0.350 e. The number of alkyl halides is 3. The van der Waals surface area contributed by atoms with E-state index < -0.39 is 12.8 Å². The molecular weight excluding hydrogens is 363 g/mol. The Morgan fingerprint density at radius 3 is 2.78 bits per heavy atom. The molecule has 3 aromatic rings. The van der Waals surface area contributed by atoms with E-state index in [4.69, 9.17) is 0 Å². The first kappa shape index (κ1) is 18.6. The number of carbonyl (C=O) groups excluding carboxylic acids is 1. The number of amides is 1. The molecule has 0 saturated carbocycles. The predicted octanol–water partition coefficient (Wildman–Crippen LogP) is 2.92. The molecule has 1 aromatic carbocycles. The Morgan fingerprint density at radius 2 is 2.04 bits per heavy atom. The molecule has 0 spiro atoms. The maximum atomic E-state index is 12.4. The van der Waals surface area contributed by atoms with Gasteiger partial charge in [-0.25, -0.2) is 4.68 Å². The minimum absolute atomic E-state index is 0.354. The van der Waals surface area contributed by atoms with Crippen molar-refractivity contribution in [2.75, 3.05) is 11.9 Å². The summed E-state index contributed by atoms with van der Waals surface area (Å²) in [4.78, 5) is 12.4. The van der Waals surface area contributed by atoms with Crippen LogP contribution in [-0.4, -0.2) is 38.3 Å². The predicted molar refractivity (Wildman–Crippen MR) is 90.0 cm³/mol. The van der Waals surface area contributed by atoms with Gasteiger partial charge in [-0.1, -0.05) is 12.1 Å². The summed E-state index contributed by atoms with van der Waals surface area (Å²) < 4.78 is 43.6. The molecular formula is C17H16F3N5O2. The zero-order valence-corrected chi connectivity index (χ0v) is 14.1. The number of aromatic nitrogens is 4. The summed E-state index contributed by atoms with van der Waals surface area (Å²) in [6.45, 7) is -1.20. The highest BCUT2D eigenvalue weighted by Gasteiger charge is 2.27. The highest BCUT2D eigenvalue weighted by atomic mass is 19.4. The Hall–Kier alpha value is -3.14. The Morgan fingerprint density at radius 1 is 1.19 bits per heavy atom. The number of rotatable bonds is 7. The third kappa shape index (κ3) is 5.68. The summed E-state index contributed by atoms with van der Waals surface area (Å²) in [5.41, 5.74) is 1.71. The Labute approximate surface area is 152 Å². The molecule has 10 heteroatoms. The summed E-state index contributed by atoms with van der Waals surface area (Å²) in [6, 6.07) is 8.87. The van der Waals surface area contributed by atoms with Crippen molar-refractivity contribution < 1.29 is 22.7 Å². The van der Waals surface area contributed by atoms with E-state index in [0.717, 1.165) is 10.2 Å². The molecule has 2 aromatic heterocycles. The van der Waals surface area contributed by atoms with E-state index >= 15 is 0 Å². The summed E-state index contributed by atoms with van der Waals surface area (Å²) in [7, 11) is 0. The first-order chi connectivity index (χ1) is 12.9. The lowest BCUT2D eigenvalue weighted by atomic mass is 10.1. The number of halogens is 3. The molecule has 142 valence electrons. The van der Waals surface area contributed by atoms with Gasteiger partial charge in [0.05, 0.1) is 24.6 Å². The van der Waals surface area contributed by atoms with E-state index in [2.05, 4.69) is 20.3 Å². The van der Waals surface area contributed by atoms with Crippen LogP contribution in [0.5, 0.6) is 0 Å². The maximum absolute atomic E-state index is 12.4. The van der Waals surface area contributed by atoms with Crippen LogP contribution in [0.2, 0.25) is 0 Å². The molecule has 0 atom stereocenters. The number of hydrogen-bond acceptors (Lipinski definition) is 4. The van der Waals surface area contributed by atoms with Gasteiger partial charge in [0, 0.05) is 18.0 Å². The van der Waals surface area contributed by atoms with E-state index in [1.807, 2.05) is 18.3 Å². The molecule has 0 aliphatic heterocycles. The summed E-state index contributed by atoms with van der Waals surface area (Å²) in [5, 5.41) is 10.6. The van der Waals surface area contributed by atoms with Gasteiger partial charge in [0.2, 0.25) is 0 Å². The highest BCUT2D eigenvalue weighted by molar-refractivity contribution is 6.04. The van der Waals surface area contributed by atoms with Gasteiger partial charge in [0.1, 0.15) is 13.3 Å². The minimum Gasteiger partial charge on any atom is -0.350 e. The minimum atomic E-state index is -4.40. The Bertz CT molecular complexity index is 890. The van der Waals surface area contributed by atoms with Crippen molar-refractivity contribution in [2.24, 2.45) is 0 Å². The van der Waals surface area contributed by atoms with Gasteiger partial charge in [-0.05, 0) is 23.8 Å². The third-order valence-electron chi connectivity index (χ3n) is 3.47. The molecule has 3 rings (SSSR count). The topological polar surface area (TPSA) is 74.0 Å². The number of benzene rings is 1. The van der Waals surface area contributed by atoms with E-state index in [1.165, 1.54) is 12.4 Å². The van der Waals surface area contributed by atoms with Crippen molar-refractivity contribution in [1.29, 1.82) is 0 Å². The lowest BCUT2D eigenvalue weighted by Gasteiger charge is -2.07. The molecule has 0 radical (unpaired) electrons. The molecule has 0 saturated heterocycles. The first-order valence-corrected chi connectivity index (χ1v) is 7.94. The fraction of sp³-hybridized carbons (Fsp3) is 0.235. The zero-order valence-electron chi connectivity index (χ0n) is 14.1. The quantitative estimate of drug-likeness (QED) is 0.685. The molecule has 7 nitrogen and oxygen atoms in total. The van der Waals surface area contributed by atoms with E-state index in [1.54, 1.807) is 29.1 Å². The van der Waals surface area contributed by atoms with Gasteiger partial charge in [-0.3, -0.25) is 9.48 Å². The van der Waals surface area contributed by atoms with Crippen LogP contribution in [0.3, 0.4) is 0 Å². The highest BCUT2D eigenvalue weighted by Crippen LogP contribution is 2.15. The maximum Gasteiger partial charge on any atom is 0.411 e. The number of nitrogens with zero attached hydrogens (tertiary/aromatic N) is 4.